The summed E-state index contributed by atoms with van der Waals surface area (Å²) in [5, 5.41) is 3.60. The first-order valence-corrected chi connectivity index (χ1v) is 6.71. The molecule has 0 aliphatic heterocycles. The second kappa shape index (κ2) is 8.25. The first kappa shape index (κ1) is 16.1. The average Bonchev–Trinajstić information content (AvgIpc) is 2.35. The third-order valence-corrected chi connectivity index (χ3v) is 2.67. The molecule has 1 N–H and O–H groups in total. The van der Waals surface area contributed by atoms with Gasteiger partial charge in [0.25, 0.3) is 5.91 Å². The maximum absolute atomic E-state index is 11.5. The molecule has 0 heterocycles. The van der Waals surface area contributed by atoms with Gasteiger partial charge in [-0.1, -0.05) is 23.2 Å². The third-order valence-electron chi connectivity index (χ3n) is 2.13. The summed E-state index contributed by atoms with van der Waals surface area (Å²) in [5.41, 5.74) is 0. The molecule has 1 aromatic rings. The van der Waals surface area contributed by atoms with E-state index in [1.807, 2.05) is 13.8 Å². The van der Waals surface area contributed by atoms with Crippen LogP contribution in [0.15, 0.2) is 18.2 Å². The van der Waals surface area contributed by atoms with Crippen LogP contribution in [0.3, 0.4) is 0 Å². The van der Waals surface area contributed by atoms with Crippen LogP contribution in [0.25, 0.3) is 0 Å². The van der Waals surface area contributed by atoms with Gasteiger partial charge in [-0.2, -0.15) is 0 Å². The molecule has 4 nitrogen and oxygen atoms in total. The molecule has 6 heteroatoms. The molecule has 0 saturated heterocycles. The monoisotopic (exact) mass is 305 g/mol. The van der Waals surface area contributed by atoms with E-state index < -0.39 is 0 Å². The summed E-state index contributed by atoms with van der Waals surface area (Å²) >= 11 is 11.7. The lowest BCUT2D eigenvalue weighted by Gasteiger charge is -2.10. The van der Waals surface area contributed by atoms with Crippen molar-refractivity contribution in [1.82, 2.24) is 5.32 Å². The van der Waals surface area contributed by atoms with Crippen molar-refractivity contribution in [2.24, 2.45) is 0 Å². The van der Waals surface area contributed by atoms with E-state index in [1.165, 1.54) is 0 Å². The Morgan fingerprint density at radius 3 is 2.79 bits per heavy atom. The molecule has 19 heavy (non-hydrogen) atoms. The van der Waals surface area contributed by atoms with Crippen LogP contribution in [-0.4, -0.2) is 31.8 Å². The van der Waals surface area contributed by atoms with Gasteiger partial charge in [-0.25, -0.2) is 0 Å². The van der Waals surface area contributed by atoms with Gasteiger partial charge in [0.05, 0.1) is 17.7 Å². The highest BCUT2D eigenvalue weighted by Gasteiger charge is 2.06. The van der Waals surface area contributed by atoms with Crippen molar-refractivity contribution in [2.45, 2.75) is 20.0 Å². The summed E-state index contributed by atoms with van der Waals surface area (Å²) in [6.45, 7) is 4.69. The molecular weight excluding hydrogens is 289 g/mol. The van der Waals surface area contributed by atoms with E-state index in [1.54, 1.807) is 18.2 Å². The minimum absolute atomic E-state index is 0.109. The molecule has 0 aliphatic carbocycles. The zero-order valence-corrected chi connectivity index (χ0v) is 12.4. The van der Waals surface area contributed by atoms with Gasteiger partial charge < -0.3 is 14.8 Å². The molecule has 1 rings (SSSR count). The lowest BCUT2D eigenvalue weighted by atomic mass is 10.3. The summed E-state index contributed by atoms with van der Waals surface area (Å²) in [6, 6.07) is 4.84. The van der Waals surface area contributed by atoms with Gasteiger partial charge in [-0.05, 0) is 26.0 Å². The Kier molecular flexibility index (Phi) is 6.99. The summed E-state index contributed by atoms with van der Waals surface area (Å²) < 4.78 is 10.6. The van der Waals surface area contributed by atoms with Crippen LogP contribution in [0.1, 0.15) is 13.8 Å². The fourth-order valence-corrected chi connectivity index (χ4v) is 1.60. The number of benzene rings is 1. The van der Waals surface area contributed by atoms with Crippen LogP contribution >= 0.6 is 23.2 Å². The lowest BCUT2D eigenvalue weighted by molar-refractivity contribution is -0.123. The van der Waals surface area contributed by atoms with Crippen molar-refractivity contribution < 1.29 is 14.3 Å². The molecule has 0 unspecified atom stereocenters. The maximum Gasteiger partial charge on any atom is 0.258 e. The van der Waals surface area contributed by atoms with Crippen LogP contribution in [0.2, 0.25) is 10.0 Å². The Morgan fingerprint density at radius 1 is 1.37 bits per heavy atom. The molecular formula is C13H17Cl2NO3. The Bertz CT molecular complexity index is 424. The number of halogens is 2. The van der Waals surface area contributed by atoms with E-state index >= 15 is 0 Å². The molecule has 1 aromatic carbocycles. The summed E-state index contributed by atoms with van der Waals surface area (Å²) in [7, 11) is 0. The van der Waals surface area contributed by atoms with Gasteiger partial charge in [0, 0.05) is 17.6 Å². The van der Waals surface area contributed by atoms with Gasteiger partial charge >= 0.3 is 0 Å². The van der Waals surface area contributed by atoms with Gasteiger partial charge in [-0.15, -0.1) is 0 Å². The highest BCUT2D eigenvalue weighted by molar-refractivity contribution is 6.34. The van der Waals surface area contributed by atoms with Crippen molar-refractivity contribution in [3.05, 3.63) is 28.2 Å². The number of rotatable bonds is 7. The molecule has 106 valence electrons. The SMILES string of the molecule is CC(C)OCCNC(=O)COc1cc(Cl)ccc1Cl. The number of hydrogen-bond acceptors (Lipinski definition) is 3. The first-order valence-electron chi connectivity index (χ1n) is 5.95. The fraction of sp³-hybridized carbons (Fsp3) is 0.462. The molecule has 0 saturated carbocycles. The molecule has 0 spiro atoms. The molecule has 0 aromatic heterocycles. The quantitative estimate of drug-likeness (QED) is 0.788. The van der Waals surface area contributed by atoms with Crippen molar-refractivity contribution in [2.75, 3.05) is 19.8 Å². The second-order valence-corrected chi connectivity index (χ2v) is 4.98. The number of carbonyl (C=O) groups is 1. The van der Waals surface area contributed by atoms with Crippen molar-refractivity contribution >= 4 is 29.1 Å². The summed E-state index contributed by atoms with van der Waals surface area (Å²) in [5.74, 6) is 0.158. The van der Waals surface area contributed by atoms with Gasteiger partial charge in [0.2, 0.25) is 0 Å². The minimum Gasteiger partial charge on any atom is -0.482 e. The Labute approximate surface area is 123 Å². The zero-order valence-electron chi connectivity index (χ0n) is 10.9. The van der Waals surface area contributed by atoms with Crippen LogP contribution in [0, 0.1) is 0 Å². The summed E-state index contributed by atoms with van der Waals surface area (Å²) in [4.78, 5) is 11.5. The Hall–Kier alpha value is -0.970. The average molecular weight is 306 g/mol. The summed E-state index contributed by atoms with van der Waals surface area (Å²) in [6.07, 6.45) is 0.151. The minimum atomic E-state index is -0.233. The van der Waals surface area contributed by atoms with Gasteiger partial charge in [-0.3, -0.25) is 4.79 Å². The largest absolute Gasteiger partial charge is 0.482 e. The zero-order chi connectivity index (χ0) is 14.3. The number of hydrogen-bond donors (Lipinski definition) is 1. The van der Waals surface area contributed by atoms with Crippen molar-refractivity contribution in [3.8, 4) is 5.75 Å². The predicted octanol–water partition coefficient (Wildman–Crippen LogP) is 2.91. The topological polar surface area (TPSA) is 47.6 Å². The van der Waals surface area contributed by atoms with E-state index in [2.05, 4.69) is 5.32 Å². The molecule has 0 radical (unpaired) electrons. The molecule has 0 atom stereocenters. The van der Waals surface area contributed by atoms with E-state index in [9.17, 15) is 4.79 Å². The Balaban J connectivity index is 2.28. The molecule has 0 aliphatic rings. The number of carbonyl (C=O) groups excluding carboxylic acids is 1. The molecule has 0 fully saturated rings. The highest BCUT2D eigenvalue weighted by Crippen LogP contribution is 2.27. The highest BCUT2D eigenvalue weighted by atomic mass is 35.5. The van der Waals surface area contributed by atoms with E-state index in [0.29, 0.717) is 28.9 Å². The number of nitrogens with one attached hydrogen (secondary N) is 1. The Morgan fingerprint density at radius 2 is 2.11 bits per heavy atom. The third kappa shape index (κ3) is 6.66. The van der Waals surface area contributed by atoms with E-state index in [0.717, 1.165) is 0 Å². The predicted molar refractivity (Wildman–Crippen MR) is 76.1 cm³/mol. The number of amides is 1. The smallest absolute Gasteiger partial charge is 0.258 e. The maximum atomic E-state index is 11.5. The normalized spacial score (nSPS) is 10.6. The lowest BCUT2D eigenvalue weighted by Crippen LogP contribution is -2.32. The van der Waals surface area contributed by atoms with Crippen LogP contribution in [0.4, 0.5) is 0 Å². The van der Waals surface area contributed by atoms with Crippen LogP contribution < -0.4 is 10.1 Å². The number of ether oxygens (including phenoxy) is 2. The van der Waals surface area contributed by atoms with Crippen molar-refractivity contribution in [1.29, 1.82) is 0 Å². The fourth-order valence-electron chi connectivity index (χ4n) is 1.27. The van der Waals surface area contributed by atoms with Gasteiger partial charge in [0.1, 0.15) is 5.75 Å². The van der Waals surface area contributed by atoms with Crippen molar-refractivity contribution in [3.63, 3.8) is 0 Å². The second-order valence-electron chi connectivity index (χ2n) is 4.13. The standard InChI is InChI=1S/C13H17Cl2NO3/c1-9(2)18-6-5-16-13(17)8-19-12-7-10(14)3-4-11(12)15/h3-4,7,9H,5-6,8H2,1-2H3,(H,16,17). The van der Waals surface area contributed by atoms with Gasteiger partial charge in [0.15, 0.2) is 6.61 Å². The first-order chi connectivity index (χ1) is 8.99. The van der Waals surface area contributed by atoms with Crippen LogP contribution in [0.5, 0.6) is 5.75 Å². The molecule has 1 amide bonds. The van der Waals surface area contributed by atoms with Crippen LogP contribution in [-0.2, 0) is 9.53 Å². The van der Waals surface area contributed by atoms with E-state index in [4.69, 9.17) is 32.7 Å². The molecule has 0 bridgehead atoms. The van der Waals surface area contributed by atoms with E-state index in [-0.39, 0.29) is 18.6 Å².